The maximum atomic E-state index is 12.0. The molecule has 1 fully saturated rings. The zero-order valence-electron chi connectivity index (χ0n) is 12.7. The summed E-state index contributed by atoms with van der Waals surface area (Å²) in [4.78, 5) is 36.6. The number of nitrogens with zero attached hydrogens (tertiary/aromatic N) is 1. The van der Waals surface area contributed by atoms with Crippen molar-refractivity contribution < 1.29 is 23.9 Å². The first-order chi connectivity index (χ1) is 10.1. The molecule has 0 aliphatic carbocycles. The molecule has 1 saturated heterocycles. The minimum Gasteiger partial charge on any atom is -0.464 e. The van der Waals surface area contributed by atoms with Gasteiger partial charge >= 0.3 is 12.1 Å². The van der Waals surface area contributed by atoms with Gasteiger partial charge in [0.2, 0.25) is 5.91 Å². The molecule has 1 aliphatic heterocycles. The van der Waals surface area contributed by atoms with Gasteiger partial charge in [0.1, 0.15) is 12.6 Å². The Hall–Kier alpha value is -1.79. The Kier molecular flexibility index (Phi) is 7.56. The molecule has 0 aromatic heterocycles. The highest BCUT2D eigenvalue weighted by atomic mass is 16.6. The van der Waals surface area contributed by atoms with Gasteiger partial charge in [-0.3, -0.25) is 14.5 Å². The number of hydrogen-bond donors (Lipinski definition) is 1. The van der Waals surface area contributed by atoms with E-state index in [1.807, 2.05) is 13.8 Å². The summed E-state index contributed by atoms with van der Waals surface area (Å²) in [6, 6.07) is -0.562. The molecule has 1 heterocycles. The number of esters is 1. The third-order valence-corrected chi connectivity index (χ3v) is 3.09. The SMILES string of the molecule is CCCOC(=O)CNC(=O)C1CCCN1C(=O)OCCC. The smallest absolute Gasteiger partial charge is 0.410 e. The summed E-state index contributed by atoms with van der Waals surface area (Å²) in [5, 5.41) is 2.51. The average molecular weight is 300 g/mol. The Bertz CT molecular complexity index is 372. The summed E-state index contributed by atoms with van der Waals surface area (Å²) in [5.41, 5.74) is 0. The molecule has 0 aromatic rings. The van der Waals surface area contributed by atoms with Gasteiger partial charge in [-0.25, -0.2) is 4.79 Å². The van der Waals surface area contributed by atoms with Crippen LogP contribution in [0.5, 0.6) is 0 Å². The Labute approximate surface area is 124 Å². The molecule has 7 nitrogen and oxygen atoms in total. The van der Waals surface area contributed by atoms with E-state index >= 15 is 0 Å². The number of nitrogens with one attached hydrogen (secondary N) is 1. The normalized spacial score (nSPS) is 17.4. The molecule has 120 valence electrons. The second-order valence-electron chi connectivity index (χ2n) is 4.90. The second kappa shape index (κ2) is 9.20. The quantitative estimate of drug-likeness (QED) is 0.711. The molecule has 1 aliphatic rings. The van der Waals surface area contributed by atoms with E-state index in [0.29, 0.717) is 26.2 Å². The molecule has 0 spiro atoms. The van der Waals surface area contributed by atoms with E-state index in [1.54, 1.807) is 0 Å². The molecule has 1 N–H and O–H groups in total. The average Bonchev–Trinajstić information content (AvgIpc) is 2.97. The number of carbonyl (C=O) groups is 3. The van der Waals surface area contributed by atoms with Crippen LogP contribution in [-0.4, -0.2) is 55.2 Å². The number of hydrogen-bond acceptors (Lipinski definition) is 5. The summed E-state index contributed by atoms with van der Waals surface area (Å²) < 4.78 is 9.92. The van der Waals surface area contributed by atoms with E-state index in [4.69, 9.17) is 9.47 Å². The van der Waals surface area contributed by atoms with Crippen LogP contribution in [0.15, 0.2) is 0 Å². The lowest BCUT2D eigenvalue weighted by molar-refractivity contribution is -0.144. The van der Waals surface area contributed by atoms with Gasteiger partial charge in [0.15, 0.2) is 0 Å². The number of rotatable bonds is 7. The van der Waals surface area contributed by atoms with Crippen LogP contribution in [0.3, 0.4) is 0 Å². The van der Waals surface area contributed by atoms with Crippen LogP contribution in [0.1, 0.15) is 39.5 Å². The first-order valence-corrected chi connectivity index (χ1v) is 7.46. The number of carbonyl (C=O) groups excluding carboxylic acids is 3. The molecule has 0 radical (unpaired) electrons. The van der Waals surface area contributed by atoms with Gasteiger partial charge in [0, 0.05) is 6.54 Å². The predicted octanol–water partition coefficient (Wildman–Crippen LogP) is 1.07. The van der Waals surface area contributed by atoms with Gasteiger partial charge in [-0.15, -0.1) is 0 Å². The van der Waals surface area contributed by atoms with Crippen molar-refractivity contribution in [3.63, 3.8) is 0 Å². The number of ether oxygens (including phenoxy) is 2. The Morgan fingerprint density at radius 3 is 2.48 bits per heavy atom. The maximum absolute atomic E-state index is 12.0. The first-order valence-electron chi connectivity index (χ1n) is 7.46. The first kappa shape index (κ1) is 17.3. The zero-order valence-corrected chi connectivity index (χ0v) is 12.7. The lowest BCUT2D eigenvalue weighted by Crippen LogP contribution is -2.47. The summed E-state index contributed by atoms with van der Waals surface area (Å²) in [6.07, 6.45) is 2.33. The van der Waals surface area contributed by atoms with Crippen molar-refractivity contribution in [2.24, 2.45) is 0 Å². The summed E-state index contributed by atoms with van der Waals surface area (Å²) in [5.74, 6) is -0.808. The Morgan fingerprint density at radius 1 is 1.14 bits per heavy atom. The van der Waals surface area contributed by atoms with E-state index in [0.717, 1.165) is 19.3 Å². The van der Waals surface area contributed by atoms with Gasteiger partial charge in [-0.2, -0.15) is 0 Å². The van der Waals surface area contributed by atoms with Crippen molar-refractivity contribution in [3.05, 3.63) is 0 Å². The van der Waals surface area contributed by atoms with Gasteiger partial charge in [0.25, 0.3) is 0 Å². The molecule has 0 bridgehead atoms. The summed E-state index contributed by atoms with van der Waals surface area (Å²) in [6.45, 7) is 4.81. The van der Waals surface area contributed by atoms with Crippen molar-refractivity contribution in [1.29, 1.82) is 0 Å². The Balaban J connectivity index is 2.41. The fraction of sp³-hybridized carbons (Fsp3) is 0.786. The van der Waals surface area contributed by atoms with E-state index in [2.05, 4.69) is 5.32 Å². The molecule has 21 heavy (non-hydrogen) atoms. The zero-order chi connectivity index (χ0) is 15.7. The topological polar surface area (TPSA) is 84.9 Å². The van der Waals surface area contributed by atoms with E-state index in [-0.39, 0.29) is 12.5 Å². The number of amides is 2. The monoisotopic (exact) mass is 300 g/mol. The minimum atomic E-state index is -0.562. The van der Waals surface area contributed by atoms with Crippen molar-refractivity contribution in [3.8, 4) is 0 Å². The van der Waals surface area contributed by atoms with Crippen LogP contribution in [0.25, 0.3) is 0 Å². The van der Waals surface area contributed by atoms with Crippen LogP contribution < -0.4 is 5.32 Å². The second-order valence-corrected chi connectivity index (χ2v) is 4.90. The summed E-state index contributed by atoms with van der Waals surface area (Å²) in [7, 11) is 0. The molecule has 2 amide bonds. The molecule has 1 rings (SSSR count). The highest BCUT2D eigenvalue weighted by Crippen LogP contribution is 2.18. The van der Waals surface area contributed by atoms with Crippen LogP contribution in [0.2, 0.25) is 0 Å². The lowest BCUT2D eigenvalue weighted by atomic mass is 10.2. The Morgan fingerprint density at radius 2 is 1.81 bits per heavy atom. The van der Waals surface area contributed by atoms with Crippen LogP contribution in [0.4, 0.5) is 4.79 Å². The molecule has 1 unspecified atom stereocenters. The minimum absolute atomic E-state index is 0.173. The van der Waals surface area contributed by atoms with Gasteiger partial charge in [0.05, 0.1) is 13.2 Å². The van der Waals surface area contributed by atoms with Crippen molar-refractivity contribution in [2.45, 2.75) is 45.6 Å². The fourth-order valence-corrected chi connectivity index (χ4v) is 2.07. The van der Waals surface area contributed by atoms with Crippen LogP contribution in [0, 0.1) is 0 Å². The number of likely N-dealkylation sites (tertiary alicyclic amines) is 1. The third kappa shape index (κ3) is 5.61. The lowest BCUT2D eigenvalue weighted by Gasteiger charge is -2.23. The maximum Gasteiger partial charge on any atom is 0.410 e. The van der Waals surface area contributed by atoms with Crippen molar-refractivity contribution in [1.82, 2.24) is 10.2 Å². The fourth-order valence-electron chi connectivity index (χ4n) is 2.07. The standard InChI is InChI=1S/C14H24N2O5/c1-3-8-20-12(17)10-15-13(18)11-6-5-7-16(11)14(19)21-9-4-2/h11H,3-10H2,1-2H3,(H,15,18). The largest absolute Gasteiger partial charge is 0.464 e. The molecular formula is C14H24N2O5. The van der Waals surface area contributed by atoms with Crippen molar-refractivity contribution in [2.75, 3.05) is 26.3 Å². The van der Waals surface area contributed by atoms with Crippen LogP contribution in [-0.2, 0) is 19.1 Å². The summed E-state index contributed by atoms with van der Waals surface area (Å²) >= 11 is 0. The van der Waals surface area contributed by atoms with Gasteiger partial charge < -0.3 is 14.8 Å². The van der Waals surface area contributed by atoms with E-state index in [1.165, 1.54) is 4.90 Å². The molecule has 7 heteroatoms. The molecule has 0 saturated carbocycles. The highest BCUT2D eigenvalue weighted by molar-refractivity contribution is 5.88. The van der Waals surface area contributed by atoms with E-state index in [9.17, 15) is 14.4 Å². The molecule has 0 aromatic carbocycles. The molecule has 1 atom stereocenters. The van der Waals surface area contributed by atoms with Crippen molar-refractivity contribution >= 4 is 18.0 Å². The van der Waals surface area contributed by atoms with E-state index < -0.39 is 18.1 Å². The van der Waals surface area contributed by atoms with Gasteiger partial charge in [-0.1, -0.05) is 13.8 Å². The third-order valence-electron chi connectivity index (χ3n) is 3.09. The predicted molar refractivity (Wildman–Crippen MR) is 75.6 cm³/mol. The van der Waals surface area contributed by atoms with Gasteiger partial charge in [-0.05, 0) is 25.7 Å². The van der Waals surface area contributed by atoms with Crippen LogP contribution >= 0.6 is 0 Å². The molecular weight excluding hydrogens is 276 g/mol. The highest BCUT2D eigenvalue weighted by Gasteiger charge is 2.35.